The number of H-pyrrole nitrogens is 1. The number of rotatable bonds is 5. The molecule has 2 amide bonds. The lowest BCUT2D eigenvalue weighted by Crippen LogP contribution is -2.54. The van der Waals surface area contributed by atoms with E-state index < -0.39 is 0 Å². The minimum atomic E-state index is -0.339. The topological polar surface area (TPSA) is 107 Å². The Labute approximate surface area is 202 Å². The fourth-order valence-corrected chi connectivity index (χ4v) is 6.02. The van der Waals surface area contributed by atoms with Crippen LogP contribution in [0.3, 0.4) is 0 Å². The number of carbonyl (C=O) groups is 3. The Hall–Kier alpha value is -3.04. The van der Waals surface area contributed by atoms with Crippen molar-refractivity contribution in [2.24, 2.45) is 5.92 Å². The van der Waals surface area contributed by atoms with E-state index in [2.05, 4.69) is 32.5 Å². The maximum absolute atomic E-state index is 13.1. The van der Waals surface area contributed by atoms with Crippen LogP contribution in [0.2, 0.25) is 0 Å². The summed E-state index contributed by atoms with van der Waals surface area (Å²) in [5.41, 5.74) is 3.50. The van der Waals surface area contributed by atoms with Gasteiger partial charge in [-0.15, -0.1) is 11.3 Å². The molecule has 0 saturated heterocycles. The quantitative estimate of drug-likeness (QED) is 0.488. The van der Waals surface area contributed by atoms with Crippen molar-refractivity contribution < 1.29 is 14.4 Å². The van der Waals surface area contributed by atoms with E-state index in [0.29, 0.717) is 30.0 Å². The molecule has 1 saturated carbocycles. The van der Waals surface area contributed by atoms with Gasteiger partial charge in [-0.05, 0) is 51.4 Å². The third-order valence-corrected chi connectivity index (χ3v) is 7.93. The summed E-state index contributed by atoms with van der Waals surface area (Å²) in [5.74, 6) is -0.583. The first-order chi connectivity index (χ1) is 16.4. The molecule has 34 heavy (non-hydrogen) atoms. The molecule has 0 unspecified atom stereocenters. The first-order valence-corrected chi connectivity index (χ1v) is 12.5. The number of aryl methyl sites for hydroxylation is 1. The lowest BCUT2D eigenvalue weighted by Gasteiger charge is -2.35. The van der Waals surface area contributed by atoms with Crippen molar-refractivity contribution in [3.05, 3.63) is 51.1 Å². The molecule has 1 aromatic carbocycles. The SMILES string of the molecule is Cc1ccc2[nH]c(C(=O)N[C@H]3C[C@H](C=O)CC[C@H]3NC(=O)c3nc4c(s3)CN(C)CC4)cc2c1. The molecule has 1 fully saturated rings. The zero-order valence-corrected chi connectivity index (χ0v) is 20.2. The zero-order valence-electron chi connectivity index (χ0n) is 19.4. The molecule has 2 aromatic heterocycles. The first-order valence-electron chi connectivity index (χ1n) is 11.7. The number of amides is 2. The Balaban J connectivity index is 1.31. The van der Waals surface area contributed by atoms with Crippen LogP contribution in [0, 0.1) is 12.8 Å². The summed E-state index contributed by atoms with van der Waals surface area (Å²) in [4.78, 5) is 48.7. The molecule has 8 nitrogen and oxygen atoms in total. The fourth-order valence-electron chi connectivity index (χ4n) is 4.93. The molecule has 9 heteroatoms. The summed E-state index contributed by atoms with van der Waals surface area (Å²) in [6.07, 6.45) is 3.61. The maximum Gasteiger partial charge on any atom is 0.280 e. The molecule has 1 aliphatic carbocycles. The molecule has 3 aromatic rings. The van der Waals surface area contributed by atoms with Crippen molar-refractivity contribution in [3.63, 3.8) is 0 Å². The summed E-state index contributed by atoms with van der Waals surface area (Å²) < 4.78 is 0. The van der Waals surface area contributed by atoms with Gasteiger partial charge < -0.3 is 25.3 Å². The Morgan fingerprint density at radius 1 is 1.18 bits per heavy atom. The predicted octanol–water partition coefficient (Wildman–Crippen LogP) is 2.82. The van der Waals surface area contributed by atoms with Crippen LogP contribution in [0.5, 0.6) is 0 Å². The van der Waals surface area contributed by atoms with Gasteiger partial charge in [0.15, 0.2) is 5.01 Å². The number of hydrogen-bond acceptors (Lipinski definition) is 6. The smallest absolute Gasteiger partial charge is 0.280 e. The molecule has 0 bridgehead atoms. The first kappa shape index (κ1) is 22.7. The monoisotopic (exact) mass is 479 g/mol. The van der Waals surface area contributed by atoms with Gasteiger partial charge in [-0.25, -0.2) is 4.98 Å². The highest BCUT2D eigenvalue weighted by Gasteiger charge is 2.34. The normalized spacial score (nSPS) is 22.8. The summed E-state index contributed by atoms with van der Waals surface area (Å²) >= 11 is 1.44. The van der Waals surface area contributed by atoms with Crippen LogP contribution in [0.25, 0.3) is 10.9 Å². The molecule has 5 rings (SSSR count). The third kappa shape index (κ3) is 4.63. The molecule has 1 aliphatic heterocycles. The van der Waals surface area contributed by atoms with E-state index in [9.17, 15) is 14.4 Å². The number of hydrogen-bond donors (Lipinski definition) is 3. The van der Waals surface area contributed by atoms with Crippen LogP contribution in [0.1, 0.15) is 55.7 Å². The maximum atomic E-state index is 13.1. The molecule has 178 valence electrons. The number of likely N-dealkylation sites (N-methyl/N-ethyl adjacent to an activating group) is 1. The van der Waals surface area contributed by atoms with E-state index >= 15 is 0 Å². The highest BCUT2D eigenvalue weighted by Crippen LogP contribution is 2.27. The van der Waals surface area contributed by atoms with Gasteiger partial charge in [0, 0.05) is 47.3 Å². The average Bonchev–Trinajstić information content (AvgIpc) is 3.43. The molecular formula is C25H29N5O3S. The molecule has 0 radical (unpaired) electrons. The van der Waals surface area contributed by atoms with Gasteiger partial charge in [0.05, 0.1) is 11.7 Å². The standard InChI is InChI=1S/C25H29N5O3S/c1-14-3-5-17-16(9-14)11-21(26-17)23(32)28-20-10-15(13-31)4-6-18(20)27-24(33)25-29-19-7-8-30(2)12-22(19)34-25/h3,5,9,11,13,15,18,20,26H,4,6-8,10,12H2,1-2H3,(H,27,33)(H,28,32)/t15-,18-,20+/m1/s1. The number of fused-ring (bicyclic) bond motifs is 2. The molecule has 2 aliphatic rings. The number of aldehydes is 1. The minimum absolute atomic E-state index is 0.133. The van der Waals surface area contributed by atoms with Crippen LogP contribution in [-0.4, -0.2) is 58.6 Å². The van der Waals surface area contributed by atoms with Crippen molar-refractivity contribution in [3.8, 4) is 0 Å². The van der Waals surface area contributed by atoms with Crippen LogP contribution in [-0.2, 0) is 17.8 Å². The van der Waals surface area contributed by atoms with Gasteiger partial charge in [-0.3, -0.25) is 9.59 Å². The number of thiazole rings is 1. The van der Waals surface area contributed by atoms with Crippen molar-refractivity contribution >= 4 is 40.3 Å². The lowest BCUT2D eigenvalue weighted by molar-refractivity contribution is -0.112. The summed E-state index contributed by atoms with van der Waals surface area (Å²) in [5, 5.41) is 7.61. The van der Waals surface area contributed by atoms with E-state index in [1.54, 1.807) is 0 Å². The van der Waals surface area contributed by atoms with Crippen molar-refractivity contribution in [2.45, 2.75) is 51.2 Å². The van der Waals surface area contributed by atoms with Crippen LogP contribution in [0.15, 0.2) is 24.3 Å². The van der Waals surface area contributed by atoms with Gasteiger partial charge in [0.2, 0.25) is 0 Å². The predicted molar refractivity (Wildman–Crippen MR) is 131 cm³/mol. The highest BCUT2D eigenvalue weighted by molar-refractivity contribution is 7.13. The van der Waals surface area contributed by atoms with Crippen LogP contribution >= 0.6 is 11.3 Å². The fraction of sp³-hybridized carbons (Fsp3) is 0.440. The summed E-state index contributed by atoms with van der Waals surface area (Å²) in [6, 6.07) is 7.22. The second-order valence-corrected chi connectivity index (χ2v) is 10.6. The summed E-state index contributed by atoms with van der Waals surface area (Å²) in [7, 11) is 2.06. The number of carbonyl (C=O) groups excluding carboxylic acids is 3. The molecule has 3 N–H and O–H groups in total. The number of benzene rings is 1. The van der Waals surface area contributed by atoms with Gasteiger partial charge in [0.25, 0.3) is 11.8 Å². The van der Waals surface area contributed by atoms with Crippen LogP contribution < -0.4 is 10.6 Å². The molecular weight excluding hydrogens is 450 g/mol. The number of nitrogens with zero attached hydrogens (tertiary/aromatic N) is 2. The van der Waals surface area contributed by atoms with Gasteiger partial charge in [-0.1, -0.05) is 11.6 Å². The van der Waals surface area contributed by atoms with E-state index in [0.717, 1.165) is 52.8 Å². The highest BCUT2D eigenvalue weighted by atomic mass is 32.1. The Morgan fingerprint density at radius 2 is 2.00 bits per heavy atom. The van der Waals surface area contributed by atoms with Gasteiger partial charge in [-0.2, -0.15) is 0 Å². The second kappa shape index (κ2) is 9.31. The van der Waals surface area contributed by atoms with Crippen molar-refractivity contribution in [1.82, 2.24) is 25.5 Å². The zero-order chi connectivity index (χ0) is 23.8. The van der Waals surface area contributed by atoms with E-state index in [-0.39, 0.29) is 29.8 Å². The average molecular weight is 480 g/mol. The second-order valence-electron chi connectivity index (χ2n) is 9.52. The van der Waals surface area contributed by atoms with E-state index in [1.807, 2.05) is 31.2 Å². The molecule has 3 heterocycles. The Bertz CT molecular complexity index is 1250. The Kier molecular flexibility index (Phi) is 6.22. The summed E-state index contributed by atoms with van der Waals surface area (Å²) in [6.45, 7) is 3.76. The minimum Gasteiger partial charge on any atom is -0.351 e. The number of aromatic amines is 1. The largest absolute Gasteiger partial charge is 0.351 e. The van der Waals surface area contributed by atoms with Crippen molar-refractivity contribution in [2.75, 3.05) is 13.6 Å². The van der Waals surface area contributed by atoms with E-state index in [4.69, 9.17) is 0 Å². The number of aromatic nitrogens is 2. The Morgan fingerprint density at radius 3 is 2.82 bits per heavy atom. The molecule has 3 atom stereocenters. The molecule has 0 spiro atoms. The number of nitrogens with one attached hydrogen (secondary N) is 3. The van der Waals surface area contributed by atoms with Gasteiger partial charge in [0.1, 0.15) is 12.0 Å². The van der Waals surface area contributed by atoms with E-state index in [1.165, 1.54) is 11.3 Å². The van der Waals surface area contributed by atoms with Crippen LogP contribution in [0.4, 0.5) is 0 Å². The van der Waals surface area contributed by atoms with Crippen molar-refractivity contribution in [1.29, 1.82) is 0 Å². The van der Waals surface area contributed by atoms with Gasteiger partial charge >= 0.3 is 0 Å². The lowest BCUT2D eigenvalue weighted by atomic mass is 9.83. The third-order valence-electron chi connectivity index (χ3n) is 6.85.